The fourth-order valence-corrected chi connectivity index (χ4v) is 4.19. The second kappa shape index (κ2) is 6.66. The van der Waals surface area contributed by atoms with E-state index in [2.05, 4.69) is 15.7 Å². The van der Waals surface area contributed by atoms with Crippen LogP contribution in [-0.2, 0) is 19.4 Å². The van der Waals surface area contributed by atoms with Crippen LogP contribution in [0.3, 0.4) is 0 Å². The van der Waals surface area contributed by atoms with Crippen LogP contribution in [0.15, 0.2) is 16.2 Å². The van der Waals surface area contributed by atoms with Gasteiger partial charge < -0.3 is 5.32 Å². The molecule has 0 spiro atoms. The second-order valence-corrected chi connectivity index (χ2v) is 6.88. The lowest BCUT2D eigenvalue weighted by atomic mass is 9.94. The zero-order valence-electron chi connectivity index (χ0n) is 13.5. The quantitative estimate of drug-likeness (QED) is 0.934. The number of aryl methyl sites for hydroxylation is 3. The van der Waals surface area contributed by atoms with Crippen molar-refractivity contribution < 1.29 is 4.79 Å². The van der Waals surface area contributed by atoms with Gasteiger partial charge in [0.1, 0.15) is 0 Å². The Hall–Kier alpha value is -1.95. The highest BCUT2D eigenvalue weighted by Gasteiger charge is 2.19. The molecule has 1 aliphatic rings. The molecule has 0 fully saturated rings. The van der Waals surface area contributed by atoms with Gasteiger partial charge in [-0.15, -0.1) is 11.3 Å². The van der Waals surface area contributed by atoms with Gasteiger partial charge in [-0.2, -0.15) is 4.98 Å². The number of carbonyl (C=O) groups excluding carboxylic acids is 1. The summed E-state index contributed by atoms with van der Waals surface area (Å²) >= 11 is 1.54. The number of hydrogen-bond acceptors (Lipinski definition) is 4. The molecule has 2 heterocycles. The summed E-state index contributed by atoms with van der Waals surface area (Å²) in [6.45, 7) is 4.56. The highest BCUT2D eigenvalue weighted by molar-refractivity contribution is 7.12. The van der Waals surface area contributed by atoms with E-state index in [0.717, 1.165) is 35.5 Å². The summed E-state index contributed by atoms with van der Waals surface area (Å²) in [4.78, 5) is 29.1. The summed E-state index contributed by atoms with van der Waals surface area (Å²) in [6.07, 6.45) is 4.46. The van der Waals surface area contributed by atoms with Crippen LogP contribution >= 0.6 is 11.3 Å². The lowest BCUT2D eigenvalue weighted by Gasteiger charge is -2.13. The first-order chi connectivity index (χ1) is 11.1. The molecule has 2 aromatic rings. The molecule has 0 aromatic carbocycles. The molecular formula is C17H21N3O2S. The van der Waals surface area contributed by atoms with Gasteiger partial charge in [0.05, 0.1) is 4.88 Å². The van der Waals surface area contributed by atoms with Crippen LogP contribution in [0.1, 0.15) is 45.0 Å². The number of nitrogens with zero attached hydrogens (tertiary/aromatic N) is 2. The molecule has 3 rings (SSSR count). The van der Waals surface area contributed by atoms with Crippen molar-refractivity contribution in [2.24, 2.45) is 0 Å². The smallest absolute Gasteiger partial charge is 0.348 e. The lowest BCUT2D eigenvalue weighted by molar-refractivity contribution is 0.0955. The monoisotopic (exact) mass is 331 g/mol. The van der Waals surface area contributed by atoms with Gasteiger partial charge >= 0.3 is 5.69 Å². The third kappa shape index (κ3) is 3.37. The van der Waals surface area contributed by atoms with Gasteiger partial charge in [0.25, 0.3) is 5.91 Å². The Morgan fingerprint density at radius 2 is 2.13 bits per heavy atom. The first-order valence-corrected chi connectivity index (χ1v) is 8.87. The maximum absolute atomic E-state index is 12.4. The summed E-state index contributed by atoms with van der Waals surface area (Å²) in [5, 5.41) is 5.05. The van der Waals surface area contributed by atoms with E-state index in [1.54, 1.807) is 11.5 Å². The Balaban J connectivity index is 1.64. The fourth-order valence-electron chi connectivity index (χ4n) is 3.12. The number of nitrogens with one attached hydrogen (secondary N) is 1. The van der Waals surface area contributed by atoms with Crippen LogP contribution in [0, 0.1) is 13.8 Å². The summed E-state index contributed by atoms with van der Waals surface area (Å²) in [7, 11) is 0. The van der Waals surface area contributed by atoms with Crippen molar-refractivity contribution in [3.05, 3.63) is 49.3 Å². The normalized spacial score (nSPS) is 13.7. The number of hydrogen-bond donors (Lipinski definition) is 1. The molecule has 0 saturated carbocycles. The number of thiophene rings is 1. The standard InChI is InChI=1S/C17H21N3O2S/c1-11-9-12(2)20(17(22)19-11)8-7-18-16(21)15-14-6-4-3-5-13(14)10-23-15/h9-10H,3-8H2,1-2H3,(H,18,21). The van der Waals surface area contributed by atoms with Gasteiger partial charge in [-0.25, -0.2) is 4.79 Å². The highest BCUT2D eigenvalue weighted by Crippen LogP contribution is 2.29. The molecule has 2 aromatic heterocycles. The van der Waals surface area contributed by atoms with Crippen molar-refractivity contribution in [1.82, 2.24) is 14.9 Å². The SMILES string of the molecule is Cc1cc(C)n(CCNC(=O)c2scc3c2CCCC3)c(=O)n1. The summed E-state index contributed by atoms with van der Waals surface area (Å²) < 4.78 is 1.59. The Kier molecular flexibility index (Phi) is 4.61. The van der Waals surface area contributed by atoms with Gasteiger partial charge in [-0.3, -0.25) is 9.36 Å². The minimum Gasteiger partial charge on any atom is -0.350 e. The number of rotatable bonds is 4. The second-order valence-electron chi connectivity index (χ2n) is 6.00. The van der Waals surface area contributed by atoms with Crippen LogP contribution in [-0.4, -0.2) is 22.0 Å². The van der Waals surface area contributed by atoms with Crippen molar-refractivity contribution in [2.75, 3.05) is 6.54 Å². The van der Waals surface area contributed by atoms with Gasteiger partial charge in [0, 0.05) is 24.5 Å². The van der Waals surface area contributed by atoms with Crippen LogP contribution in [0.25, 0.3) is 0 Å². The average molecular weight is 331 g/mol. The highest BCUT2D eigenvalue weighted by atomic mass is 32.1. The third-order valence-corrected chi connectivity index (χ3v) is 5.35. The molecule has 0 radical (unpaired) electrons. The van der Waals surface area contributed by atoms with Gasteiger partial charge in [0.15, 0.2) is 0 Å². The fraction of sp³-hybridized carbons (Fsp3) is 0.471. The maximum atomic E-state index is 12.4. The topological polar surface area (TPSA) is 64.0 Å². The minimum atomic E-state index is -0.259. The maximum Gasteiger partial charge on any atom is 0.348 e. The van der Waals surface area contributed by atoms with E-state index in [-0.39, 0.29) is 11.6 Å². The predicted octanol–water partition coefficient (Wildman–Crippen LogP) is 2.23. The number of amides is 1. The first kappa shape index (κ1) is 15.9. The van der Waals surface area contributed by atoms with Crippen molar-refractivity contribution >= 4 is 17.2 Å². The molecule has 0 atom stereocenters. The van der Waals surface area contributed by atoms with Gasteiger partial charge in [0.2, 0.25) is 0 Å². The van der Waals surface area contributed by atoms with E-state index < -0.39 is 0 Å². The van der Waals surface area contributed by atoms with Crippen molar-refractivity contribution in [3.63, 3.8) is 0 Å². The summed E-state index contributed by atoms with van der Waals surface area (Å²) in [5.41, 5.74) is 3.89. The first-order valence-electron chi connectivity index (χ1n) is 7.99. The predicted molar refractivity (Wildman–Crippen MR) is 91.3 cm³/mol. The molecule has 122 valence electrons. The molecule has 1 amide bonds. The molecule has 6 heteroatoms. The largest absolute Gasteiger partial charge is 0.350 e. The minimum absolute atomic E-state index is 0.0241. The molecule has 0 bridgehead atoms. The zero-order chi connectivity index (χ0) is 16.4. The van der Waals surface area contributed by atoms with E-state index >= 15 is 0 Å². The van der Waals surface area contributed by atoms with E-state index in [4.69, 9.17) is 0 Å². The number of fused-ring (bicyclic) bond motifs is 1. The Morgan fingerprint density at radius 1 is 1.35 bits per heavy atom. The summed E-state index contributed by atoms with van der Waals surface area (Å²) in [6, 6.07) is 1.87. The van der Waals surface area contributed by atoms with Crippen LogP contribution in [0.5, 0.6) is 0 Å². The Bertz CT molecular complexity index is 792. The van der Waals surface area contributed by atoms with Crippen molar-refractivity contribution in [2.45, 2.75) is 46.1 Å². The molecule has 0 aliphatic heterocycles. The third-order valence-electron chi connectivity index (χ3n) is 4.28. The zero-order valence-corrected chi connectivity index (χ0v) is 14.3. The van der Waals surface area contributed by atoms with Gasteiger partial charge in [-0.1, -0.05) is 0 Å². The van der Waals surface area contributed by atoms with Crippen molar-refractivity contribution in [3.8, 4) is 0 Å². The van der Waals surface area contributed by atoms with Crippen molar-refractivity contribution in [1.29, 1.82) is 0 Å². The Labute approximate surface area is 139 Å². The molecule has 1 aliphatic carbocycles. The van der Waals surface area contributed by atoms with Crippen LogP contribution in [0.4, 0.5) is 0 Å². The molecule has 5 nitrogen and oxygen atoms in total. The van der Waals surface area contributed by atoms with Crippen LogP contribution < -0.4 is 11.0 Å². The van der Waals surface area contributed by atoms with Crippen LogP contribution in [0.2, 0.25) is 0 Å². The number of aromatic nitrogens is 2. The average Bonchev–Trinajstić information content (AvgIpc) is 2.93. The van der Waals surface area contributed by atoms with Gasteiger partial charge in [-0.05, 0) is 62.1 Å². The Morgan fingerprint density at radius 3 is 2.91 bits per heavy atom. The molecule has 23 heavy (non-hydrogen) atoms. The molecule has 0 saturated heterocycles. The van der Waals surface area contributed by atoms with E-state index in [1.165, 1.54) is 28.9 Å². The van der Waals surface area contributed by atoms with E-state index in [9.17, 15) is 9.59 Å². The molecule has 0 unspecified atom stereocenters. The van der Waals surface area contributed by atoms with E-state index in [1.807, 2.05) is 13.0 Å². The molecule has 1 N–H and O–H groups in total. The molecular weight excluding hydrogens is 310 g/mol. The lowest BCUT2D eigenvalue weighted by Crippen LogP contribution is -2.33. The van der Waals surface area contributed by atoms with E-state index in [0.29, 0.717) is 13.1 Å². The summed E-state index contributed by atoms with van der Waals surface area (Å²) in [5.74, 6) is -0.0241. The number of carbonyl (C=O) groups is 1.